The van der Waals surface area contributed by atoms with Gasteiger partial charge in [-0.3, -0.25) is 0 Å². The van der Waals surface area contributed by atoms with E-state index in [0.29, 0.717) is 23.8 Å². The second-order valence-electron chi connectivity index (χ2n) is 14.1. The quantitative estimate of drug-likeness (QED) is 0.237. The van der Waals surface area contributed by atoms with Crippen LogP contribution in [0.4, 0.5) is 22.9 Å². The van der Waals surface area contributed by atoms with E-state index in [-0.39, 0.29) is 17.0 Å². The highest BCUT2D eigenvalue weighted by molar-refractivity contribution is 5.98. The molecule has 1 saturated carbocycles. The summed E-state index contributed by atoms with van der Waals surface area (Å²) in [6.45, 7) is 7.45. The highest BCUT2D eigenvalue weighted by Gasteiger charge is 2.80. The Morgan fingerprint density at radius 1 is 1.05 bits per heavy atom. The summed E-state index contributed by atoms with van der Waals surface area (Å²) in [5.41, 5.74) is 9.24. The zero-order valence-electron chi connectivity index (χ0n) is 26.0. The summed E-state index contributed by atoms with van der Waals surface area (Å²) in [7, 11) is 2.26. The molecule has 0 bridgehead atoms. The van der Waals surface area contributed by atoms with Gasteiger partial charge in [-0.15, -0.1) is 0 Å². The number of benzene rings is 2. The standard InChI is InChI=1S/C38H39N5O/c1-5-37-26-18-17-24-23-13-8-10-16-29(23)44-33(24)32(26)42-19-11-12-22(3)34(42)38(37,6-2)31-30(37)25-14-7-9-15-27(25)43-28-20-39-21-40-35(28)41(4)36(31)43/h7,9-11,14-22,30-31,34,36H,5-6,8,12-13H2,1-4H3/t22-,30?,31?,34?,36?,37?,38?/m0/s1. The summed E-state index contributed by atoms with van der Waals surface area (Å²) < 4.78 is 6.88. The predicted molar refractivity (Wildman–Crippen MR) is 176 cm³/mol. The summed E-state index contributed by atoms with van der Waals surface area (Å²) in [6.07, 6.45) is 18.7. The Balaban J connectivity index is 1.31. The molecule has 6 nitrogen and oxygen atoms in total. The highest BCUT2D eigenvalue weighted by atomic mass is 16.3. The SMILES string of the molecule is CCC12c3ccc4c5c(oc4c3N3C=CC[C@H](C)C3C1(CC)C1C3N(C)c4ncncc4N3c3ccccc3C12)C=CCC5. The fourth-order valence-electron chi connectivity index (χ4n) is 11.7. The number of anilines is 4. The van der Waals surface area contributed by atoms with E-state index in [9.17, 15) is 0 Å². The van der Waals surface area contributed by atoms with Gasteiger partial charge in [0.15, 0.2) is 11.4 Å². The number of hydrogen-bond acceptors (Lipinski definition) is 6. The van der Waals surface area contributed by atoms with Gasteiger partial charge in [-0.05, 0) is 61.3 Å². The number of hydrogen-bond donors (Lipinski definition) is 0. The van der Waals surface area contributed by atoms with E-state index in [4.69, 9.17) is 9.40 Å². The Hall–Kier alpha value is -4.06. The molecule has 2 aliphatic carbocycles. The molecular formula is C38H39N5O. The second-order valence-corrected chi connectivity index (χ2v) is 14.1. The predicted octanol–water partition coefficient (Wildman–Crippen LogP) is 8.31. The van der Waals surface area contributed by atoms with E-state index in [1.54, 1.807) is 6.33 Å². The molecule has 0 spiro atoms. The summed E-state index contributed by atoms with van der Waals surface area (Å²) >= 11 is 0. The van der Waals surface area contributed by atoms with Crippen LogP contribution in [0.1, 0.15) is 74.8 Å². The molecule has 1 fully saturated rings. The van der Waals surface area contributed by atoms with Gasteiger partial charge in [0.1, 0.15) is 23.9 Å². The van der Waals surface area contributed by atoms with E-state index in [0.717, 1.165) is 55.0 Å². The largest absolute Gasteiger partial charge is 0.454 e. The van der Waals surface area contributed by atoms with Gasteiger partial charge in [0.2, 0.25) is 0 Å². The summed E-state index contributed by atoms with van der Waals surface area (Å²) in [5.74, 6) is 3.41. The maximum absolute atomic E-state index is 6.88. The number of aryl methyl sites for hydroxylation is 1. The third-order valence-electron chi connectivity index (χ3n) is 12.9. The first-order chi connectivity index (χ1) is 21.6. The molecule has 4 aromatic rings. The Bertz CT molecular complexity index is 1940. The topological polar surface area (TPSA) is 48.6 Å². The van der Waals surface area contributed by atoms with Crippen molar-refractivity contribution in [3.05, 3.63) is 89.7 Å². The fourth-order valence-corrected chi connectivity index (χ4v) is 11.7. The lowest BCUT2D eigenvalue weighted by Gasteiger charge is -2.79. The third kappa shape index (κ3) is 2.53. The molecule has 6 aliphatic rings. The zero-order chi connectivity index (χ0) is 29.5. The van der Waals surface area contributed by atoms with Crippen molar-refractivity contribution >= 4 is 39.9 Å². The average molecular weight is 582 g/mol. The van der Waals surface area contributed by atoms with Gasteiger partial charge in [0.05, 0.1) is 11.9 Å². The van der Waals surface area contributed by atoms with Crippen molar-refractivity contribution in [3.63, 3.8) is 0 Å². The molecule has 222 valence electrons. The van der Waals surface area contributed by atoms with E-state index in [1.807, 2.05) is 6.20 Å². The molecule has 0 saturated heterocycles. The van der Waals surface area contributed by atoms with Crippen LogP contribution in [0.3, 0.4) is 0 Å². The third-order valence-corrected chi connectivity index (χ3v) is 12.9. The van der Waals surface area contributed by atoms with Crippen LogP contribution in [0.2, 0.25) is 0 Å². The minimum Gasteiger partial charge on any atom is -0.454 e. The van der Waals surface area contributed by atoms with Crippen LogP contribution in [-0.2, 0) is 11.8 Å². The van der Waals surface area contributed by atoms with Gasteiger partial charge in [-0.2, -0.15) is 0 Å². The van der Waals surface area contributed by atoms with E-state index < -0.39 is 0 Å². The number of nitrogens with zero attached hydrogens (tertiary/aromatic N) is 5. The molecule has 7 atom stereocenters. The van der Waals surface area contributed by atoms with Crippen molar-refractivity contribution in [3.8, 4) is 0 Å². The summed E-state index contributed by atoms with van der Waals surface area (Å²) in [6, 6.07) is 14.5. The first-order valence-corrected chi connectivity index (χ1v) is 16.7. The molecule has 6 heteroatoms. The van der Waals surface area contributed by atoms with Gasteiger partial charge < -0.3 is 19.1 Å². The van der Waals surface area contributed by atoms with Gasteiger partial charge in [0.25, 0.3) is 0 Å². The van der Waals surface area contributed by atoms with E-state index in [1.165, 1.54) is 33.5 Å². The Morgan fingerprint density at radius 2 is 1.93 bits per heavy atom. The first kappa shape index (κ1) is 25.3. The molecule has 6 heterocycles. The van der Waals surface area contributed by atoms with Crippen LogP contribution < -0.4 is 14.7 Å². The number of fused-ring (bicyclic) bond motifs is 20. The van der Waals surface area contributed by atoms with Crippen molar-refractivity contribution in [1.29, 1.82) is 0 Å². The normalized spacial score (nSPS) is 33.5. The van der Waals surface area contributed by atoms with Crippen LogP contribution in [0.25, 0.3) is 17.0 Å². The Morgan fingerprint density at radius 3 is 2.80 bits per heavy atom. The summed E-state index contributed by atoms with van der Waals surface area (Å²) in [4.78, 5) is 17.1. The lowest BCUT2D eigenvalue weighted by molar-refractivity contribution is -0.165. The minimum absolute atomic E-state index is 0.0246. The number of aromatic nitrogens is 2. The zero-order valence-corrected chi connectivity index (χ0v) is 26.0. The van der Waals surface area contributed by atoms with Crippen molar-refractivity contribution < 1.29 is 4.42 Å². The molecule has 6 unspecified atom stereocenters. The number of para-hydroxylation sites is 1. The Labute approximate surface area is 259 Å². The molecule has 2 aromatic heterocycles. The molecule has 4 aliphatic heterocycles. The van der Waals surface area contributed by atoms with Gasteiger partial charge in [0, 0.05) is 58.6 Å². The highest BCUT2D eigenvalue weighted by Crippen LogP contribution is 2.82. The number of allylic oxidation sites excluding steroid dienone is 2. The van der Waals surface area contributed by atoms with Crippen LogP contribution in [-0.4, -0.2) is 29.2 Å². The number of rotatable bonds is 2. The molecule has 2 aromatic carbocycles. The van der Waals surface area contributed by atoms with Gasteiger partial charge in [-0.1, -0.05) is 63.3 Å². The van der Waals surface area contributed by atoms with Crippen molar-refractivity contribution in [1.82, 2.24) is 9.97 Å². The van der Waals surface area contributed by atoms with Crippen LogP contribution in [0.15, 0.2) is 71.7 Å². The van der Waals surface area contributed by atoms with Gasteiger partial charge >= 0.3 is 0 Å². The van der Waals surface area contributed by atoms with Crippen LogP contribution >= 0.6 is 0 Å². The maximum atomic E-state index is 6.88. The second kappa shape index (κ2) is 8.35. The van der Waals surface area contributed by atoms with E-state index in [2.05, 4.69) is 108 Å². The average Bonchev–Trinajstić information content (AvgIpc) is 3.57. The maximum Gasteiger partial charge on any atom is 0.159 e. The van der Waals surface area contributed by atoms with Crippen LogP contribution in [0.5, 0.6) is 0 Å². The van der Waals surface area contributed by atoms with Crippen molar-refractivity contribution in [2.24, 2.45) is 17.3 Å². The number of furan rings is 1. The molecule has 0 amide bonds. The molecule has 0 N–H and O–H groups in total. The first-order valence-electron chi connectivity index (χ1n) is 16.7. The van der Waals surface area contributed by atoms with Crippen LogP contribution in [0, 0.1) is 17.3 Å². The molecule has 0 radical (unpaired) electrons. The molecular weight excluding hydrogens is 542 g/mol. The van der Waals surface area contributed by atoms with Crippen molar-refractivity contribution in [2.75, 3.05) is 21.7 Å². The Kier molecular flexibility index (Phi) is 4.80. The van der Waals surface area contributed by atoms with Crippen molar-refractivity contribution in [2.45, 2.75) is 76.4 Å². The summed E-state index contributed by atoms with van der Waals surface area (Å²) in [5, 5.41) is 1.30. The molecule has 10 rings (SSSR count). The lowest BCUT2D eigenvalue weighted by atomic mass is 9.28. The fraction of sp³-hybridized carbons (Fsp3) is 0.421. The van der Waals surface area contributed by atoms with E-state index >= 15 is 0 Å². The lowest BCUT2D eigenvalue weighted by Crippen LogP contribution is -2.81. The van der Waals surface area contributed by atoms with Gasteiger partial charge in [-0.25, -0.2) is 9.97 Å². The smallest absolute Gasteiger partial charge is 0.159 e. The molecule has 44 heavy (non-hydrogen) atoms. The minimum atomic E-state index is -0.0246. The monoisotopic (exact) mass is 581 g/mol.